The van der Waals surface area contributed by atoms with Crippen LogP contribution in [0.25, 0.3) is 17.0 Å². The van der Waals surface area contributed by atoms with E-state index in [0.29, 0.717) is 17.2 Å². The molecule has 3 aromatic heterocycles. The zero-order valence-electron chi connectivity index (χ0n) is 14.4. The third-order valence-corrected chi connectivity index (χ3v) is 4.09. The first kappa shape index (κ1) is 16.1. The molecule has 0 saturated carbocycles. The molecule has 0 fully saturated rings. The number of nitrogens with one attached hydrogen (secondary N) is 1. The minimum Gasteiger partial charge on any atom is -0.497 e. The summed E-state index contributed by atoms with van der Waals surface area (Å²) in [5.41, 5.74) is 3.84. The van der Waals surface area contributed by atoms with Crippen molar-refractivity contribution in [3.63, 3.8) is 0 Å². The SMILES string of the molecule is COc1cccc(Nc2cccc(-c3c(C)nc4ccc(F)cn34)n2)c1. The van der Waals surface area contributed by atoms with Gasteiger partial charge in [-0.3, -0.25) is 4.40 Å². The van der Waals surface area contributed by atoms with E-state index in [1.165, 1.54) is 12.3 Å². The summed E-state index contributed by atoms with van der Waals surface area (Å²) < 4.78 is 20.7. The fraction of sp³-hybridized carbons (Fsp3) is 0.100. The lowest BCUT2D eigenvalue weighted by Gasteiger charge is -2.09. The topological polar surface area (TPSA) is 51.5 Å². The molecule has 1 aromatic carbocycles. The van der Waals surface area contributed by atoms with Gasteiger partial charge in [0.05, 0.1) is 24.2 Å². The highest BCUT2D eigenvalue weighted by Gasteiger charge is 2.13. The van der Waals surface area contributed by atoms with E-state index in [9.17, 15) is 4.39 Å². The molecule has 1 N–H and O–H groups in total. The molecule has 0 spiro atoms. The Labute approximate surface area is 150 Å². The number of anilines is 2. The van der Waals surface area contributed by atoms with Gasteiger partial charge >= 0.3 is 0 Å². The summed E-state index contributed by atoms with van der Waals surface area (Å²) >= 11 is 0. The van der Waals surface area contributed by atoms with Crippen molar-refractivity contribution in [3.05, 3.63) is 72.3 Å². The molecule has 0 bridgehead atoms. The van der Waals surface area contributed by atoms with Crippen molar-refractivity contribution >= 4 is 17.2 Å². The molecule has 130 valence electrons. The highest BCUT2D eigenvalue weighted by molar-refractivity contribution is 5.67. The Balaban J connectivity index is 1.74. The highest BCUT2D eigenvalue weighted by Crippen LogP contribution is 2.26. The maximum Gasteiger partial charge on any atom is 0.139 e. The van der Waals surface area contributed by atoms with Crippen LogP contribution in [0.3, 0.4) is 0 Å². The molecule has 0 unspecified atom stereocenters. The predicted octanol–water partition coefficient (Wildman–Crippen LogP) is 4.60. The highest BCUT2D eigenvalue weighted by atomic mass is 19.1. The van der Waals surface area contributed by atoms with Crippen LogP contribution < -0.4 is 10.1 Å². The second-order valence-corrected chi connectivity index (χ2v) is 5.89. The first-order valence-corrected chi connectivity index (χ1v) is 8.17. The molecule has 0 aliphatic carbocycles. The minimum atomic E-state index is -0.318. The number of imidazole rings is 1. The van der Waals surface area contributed by atoms with Gasteiger partial charge in [0.25, 0.3) is 0 Å². The van der Waals surface area contributed by atoms with Crippen LogP contribution in [0.5, 0.6) is 5.75 Å². The lowest BCUT2D eigenvalue weighted by Crippen LogP contribution is -1.97. The molecule has 26 heavy (non-hydrogen) atoms. The van der Waals surface area contributed by atoms with Crippen molar-refractivity contribution < 1.29 is 9.13 Å². The number of hydrogen-bond donors (Lipinski definition) is 1. The van der Waals surface area contributed by atoms with Crippen molar-refractivity contribution in [1.82, 2.24) is 14.4 Å². The Morgan fingerprint density at radius 2 is 1.88 bits per heavy atom. The maximum absolute atomic E-state index is 13.7. The summed E-state index contributed by atoms with van der Waals surface area (Å²) in [5.74, 6) is 1.13. The van der Waals surface area contributed by atoms with Crippen LogP contribution in [0.4, 0.5) is 15.9 Å². The van der Waals surface area contributed by atoms with Crippen LogP contribution in [0.15, 0.2) is 60.8 Å². The number of fused-ring (bicyclic) bond motifs is 1. The number of benzene rings is 1. The van der Waals surface area contributed by atoms with Crippen LogP contribution in [-0.4, -0.2) is 21.5 Å². The first-order valence-electron chi connectivity index (χ1n) is 8.17. The fourth-order valence-electron chi connectivity index (χ4n) is 2.93. The molecule has 0 saturated heterocycles. The van der Waals surface area contributed by atoms with Gasteiger partial charge in [-0.25, -0.2) is 14.4 Å². The Hall–Kier alpha value is -3.41. The van der Waals surface area contributed by atoms with Gasteiger partial charge in [-0.15, -0.1) is 0 Å². The molecule has 6 heteroatoms. The van der Waals surface area contributed by atoms with Gasteiger partial charge < -0.3 is 10.1 Å². The molecule has 4 rings (SSSR count). The lowest BCUT2D eigenvalue weighted by molar-refractivity contribution is 0.415. The van der Waals surface area contributed by atoms with E-state index in [1.54, 1.807) is 17.6 Å². The summed E-state index contributed by atoms with van der Waals surface area (Å²) in [6.45, 7) is 1.89. The van der Waals surface area contributed by atoms with Gasteiger partial charge in [0.1, 0.15) is 23.0 Å². The summed E-state index contributed by atoms with van der Waals surface area (Å²) in [7, 11) is 1.63. The van der Waals surface area contributed by atoms with E-state index in [4.69, 9.17) is 4.74 Å². The van der Waals surface area contributed by atoms with Crippen LogP contribution in [0.1, 0.15) is 5.69 Å². The molecule has 3 heterocycles. The first-order chi connectivity index (χ1) is 12.6. The number of halogens is 1. The van der Waals surface area contributed by atoms with E-state index in [2.05, 4.69) is 15.3 Å². The number of rotatable bonds is 4. The number of nitrogens with zero attached hydrogens (tertiary/aromatic N) is 3. The number of methoxy groups -OCH3 is 1. The Morgan fingerprint density at radius 3 is 2.73 bits per heavy atom. The average Bonchev–Trinajstić information content (AvgIpc) is 2.97. The summed E-state index contributed by atoms with van der Waals surface area (Å²) in [5, 5.41) is 3.27. The number of pyridine rings is 2. The van der Waals surface area contributed by atoms with Crippen molar-refractivity contribution in [2.24, 2.45) is 0 Å². The van der Waals surface area contributed by atoms with Crippen LogP contribution in [0.2, 0.25) is 0 Å². The van der Waals surface area contributed by atoms with Crippen LogP contribution >= 0.6 is 0 Å². The zero-order valence-corrected chi connectivity index (χ0v) is 14.4. The van der Waals surface area contributed by atoms with Crippen molar-refractivity contribution in [3.8, 4) is 17.1 Å². The van der Waals surface area contributed by atoms with E-state index < -0.39 is 0 Å². The third kappa shape index (κ3) is 2.97. The number of aromatic nitrogens is 3. The standard InChI is InChI=1S/C20H17FN4O/c1-13-20(25-12-14(21)9-10-19(25)22-13)17-7-4-8-18(24-17)23-15-5-3-6-16(11-15)26-2/h3-12H,1-2H3,(H,23,24). The molecule has 0 atom stereocenters. The molecule has 0 amide bonds. The molecular formula is C20H17FN4O. The average molecular weight is 348 g/mol. The molecule has 0 aliphatic heterocycles. The molecular weight excluding hydrogens is 331 g/mol. The molecule has 4 aromatic rings. The monoisotopic (exact) mass is 348 g/mol. The van der Waals surface area contributed by atoms with Crippen molar-refractivity contribution in [1.29, 1.82) is 0 Å². The van der Waals surface area contributed by atoms with E-state index in [-0.39, 0.29) is 5.82 Å². The number of aryl methyl sites for hydroxylation is 1. The van der Waals surface area contributed by atoms with Gasteiger partial charge in [-0.05, 0) is 43.3 Å². The maximum atomic E-state index is 13.7. The Morgan fingerprint density at radius 1 is 1.04 bits per heavy atom. The van der Waals surface area contributed by atoms with Gasteiger partial charge in [0.15, 0.2) is 0 Å². The fourth-order valence-corrected chi connectivity index (χ4v) is 2.93. The van der Waals surface area contributed by atoms with Crippen LogP contribution in [0, 0.1) is 12.7 Å². The largest absolute Gasteiger partial charge is 0.497 e. The Kier molecular flexibility index (Phi) is 4.01. The predicted molar refractivity (Wildman–Crippen MR) is 99.4 cm³/mol. The summed E-state index contributed by atoms with van der Waals surface area (Å²) in [4.78, 5) is 9.16. The number of ether oxygens (including phenoxy) is 1. The smallest absolute Gasteiger partial charge is 0.139 e. The van der Waals surface area contributed by atoms with Crippen molar-refractivity contribution in [2.45, 2.75) is 6.92 Å². The molecule has 5 nitrogen and oxygen atoms in total. The minimum absolute atomic E-state index is 0.318. The van der Waals surface area contributed by atoms with E-state index >= 15 is 0 Å². The lowest BCUT2D eigenvalue weighted by atomic mass is 10.2. The van der Waals surface area contributed by atoms with Gasteiger partial charge in [-0.2, -0.15) is 0 Å². The van der Waals surface area contributed by atoms with Crippen molar-refractivity contribution in [2.75, 3.05) is 12.4 Å². The van der Waals surface area contributed by atoms with E-state index in [1.807, 2.05) is 49.4 Å². The van der Waals surface area contributed by atoms with Crippen LogP contribution in [-0.2, 0) is 0 Å². The second-order valence-electron chi connectivity index (χ2n) is 5.89. The molecule has 0 aliphatic rings. The summed E-state index contributed by atoms with van der Waals surface area (Å²) in [6, 6.07) is 16.3. The zero-order chi connectivity index (χ0) is 18.1. The Bertz CT molecular complexity index is 1090. The second kappa shape index (κ2) is 6.48. The number of hydrogen-bond acceptors (Lipinski definition) is 4. The summed E-state index contributed by atoms with van der Waals surface area (Å²) in [6.07, 6.45) is 1.43. The quantitative estimate of drug-likeness (QED) is 0.586. The third-order valence-electron chi connectivity index (χ3n) is 4.09. The van der Waals surface area contributed by atoms with Gasteiger partial charge in [0.2, 0.25) is 0 Å². The van der Waals surface area contributed by atoms with Gasteiger partial charge in [0, 0.05) is 18.0 Å². The van der Waals surface area contributed by atoms with Gasteiger partial charge in [-0.1, -0.05) is 12.1 Å². The van der Waals surface area contributed by atoms with E-state index in [0.717, 1.165) is 22.8 Å². The molecule has 0 radical (unpaired) electrons. The normalized spacial score (nSPS) is 10.9.